The first kappa shape index (κ1) is 16.1. The Morgan fingerprint density at radius 1 is 1.15 bits per heavy atom. The summed E-state index contributed by atoms with van der Waals surface area (Å²) in [5, 5.41) is 4.00. The number of aromatic nitrogens is 3. The van der Waals surface area contributed by atoms with Crippen LogP contribution in [0.15, 0.2) is 65.7 Å². The smallest absolute Gasteiger partial charge is 0.270 e. The monoisotopic (exact) mass is 346 g/mol. The lowest BCUT2D eigenvalue weighted by Crippen LogP contribution is -2.33. The van der Waals surface area contributed by atoms with Gasteiger partial charge in [-0.25, -0.2) is 4.98 Å². The SMILES string of the molecule is Cc1cc2ccccc2n1CCNC(=O)c1cnc2ccccn2c1=O. The minimum Gasteiger partial charge on any atom is -0.350 e. The third-order valence-corrected chi connectivity index (χ3v) is 4.50. The average Bonchev–Trinajstić information content (AvgIpc) is 2.97. The Labute approximate surface area is 149 Å². The second-order valence-corrected chi connectivity index (χ2v) is 6.16. The molecular formula is C20H18N4O2. The van der Waals surface area contributed by atoms with Crippen LogP contribution in [0.5, 0.6) is 0 Å². The van der Waals surface area contributed by atoms with Crippen LogP contribution in [0, 0.1) is 6.92 Å². The van der Waals surface area contributed by atoms with E-state index in [2.05, 4.69) is 33.1 Å². The summed E-state index contributed by atoms with van der Waals surface area (Å²) in [5.74, 6) is -0.408. The van der Waals surface area contributed by atoms with Crippen LogP contribution in [0.4, 0.5) is 0 Å². The summed E-state index contributed by atoms with van der Waals surface area (Å²) in [6, 6.07) is 15.5. The summed E-state index contributed by atoms with van der Waals surface area (Å²) in [5.41, 5.74) is 2.46. The van der Waals surface area contributed by atoms with Crippen molar-refractivity contribution in [2.45, 2.75) is 13.5 Å². The molecule has 0 unspecified atom stereocenters. The van der Waals surface area contributed by atoms with Gasteiger partial charge in [-0.3, -0.25) is 14.0 Å². The van der Waals surface area contributed by atoms with Gasteiger partial charge in [0.25, 0.3) is 11.5 Å². The summed E-state index contributed by atoms with van der Waals surface area (Å²) in [6.45, 7) is 3.10. The van der Waals surface area contributed by atoms with Crippen LogP contribution in [0.3, 0.4) is 0 Å². The molecule has 3 heterocycles. The van der Waals surface area contributed by atoms with E-state index in [1.165, 1.54) is 16.0 Å². The van der Waals surface area contributed by atoms with Crippen LogP contribution in [0.2, 0.25) is 0 Å². The summed E-state index contributed by atoms with van der Waals surface area (Å²) >= 11 is 0. The molecule has 6 heteroatoms. The van der Waals surface area contributed by atoms with E-state index in [0.29, 0.717) is 18.7 Å². The number of carbonyl (C=O) groups is 1. The first-order valence-corrected chi connectivity index (χ1v) is 8.44. The van der Waals surface area contributed by atoms with E-state index in [1.807, 2.05) is 19.1 Å². The molecule has 6 nitrogen and oxygen atoms in total. The fourth-order valence-electron chi connectivity index (χ4n) is 3.20. The highest BCUT2D eigenvalue weighted by Crippen LogP contribution is 2.18. The number of hydrogen-bond acceptors (Lipinski definition) is 3. The molecule has 0 aliphatic carbocycles. The zero-order chi connectivity index (χ0) is 18.1. The molecule has 4 aromatic rings. The van der Waals surface area contributed by atoms with Crippen molar-refractivity contribution in [1.82, 2.24) is 19.3 Å². The Morgan fingerprint density at radius 2 is 1.96 bits per heavy atom. The number of nitrogens with zero attached hydrogens (tertiary/aromatic N) is 3. The maximum Gasteiger partial charge on any atom is 0.270 e. The van der Waals surface area contributed by atoms with Crippen LogP contribution in [-0.2, 0) is 6.54 Å². The molecule has 4 rings (SSSR count). The zero-order valence-electron chi connectivity index (χ0n) is 14.3. The molecule has 1 aromatic carbocycles. The number of rotatable bonds is 4. The van der Waals surface area contributed by atoms with E-state index in [0.717, 1.165) is 11.2 Å². The summed E-state index contributed by atoms with van der Waals surface area (Å²) in [7, 11) is 0. The fourth-order valence-corrected chi connectivity index (χ4v) is 3.20. The maximum absolute atomic E-state index is 12.4. The van der Waals surface area contributed by atoms with Crippen molar-refractivity contribution in [3.8, 4) is 0 Å². The van der Waals surface area contributed by atoms with Gasteiger partial charge in [0.2, 0.25) is 0 Å². The third-order valence-electron chi connectivity index (χ3n) is 4.50. The van der Waals surface area contributed by atoms with Gasteiger partial charge in [0, 0.05) is 36.7 Å². The largest absolute Gasteiger partial charge is 0.350 e. The molecule has 1 amide bonds. The number of amides is 1. The number of aryl methyl sites for hydroxylation is 1. The van der Waals surface area contributed by atoms with Crippen molar-refractivity contribution in [3.05, 3.63) is 82.5 Å². The van der Waals surface area contributed by atoms with Crippen molar-refractivity contribution in [1.29, 1.82) is 0 Å². The second kappa shape index (κ2) is 6.48. The molecule has 0 saturated carbocycles. The minimum atomic E-state index is -0.408. The lowest BCUT2D eigenvalue weighted by molar-refractivity contribution is 0.0950. The summed E-state index contributed by atoms with van der Waals surface area (Å²) in [4.78, 5) is 29.0. The molecule has 0 saturated heterocycles. The van der Waals surface area contributed by atoms with E-state index in [9.17, 15) is 9.59 Å². The number of benzene rings is 1. The Balaban J connectivity index is 1.52. The van der Waals surface area contributed by atoms with Gasteiger partial charge in [-0.2, -0.15) is 0 Å². The highest BCUT2D eigenvalue weighted by molar-refractivity contribution is 5.93. The normalized spacial score (nSPS) is 11.1. The van der Waals surface area contributed by atoms with E-state index in [4.69, 9.17) is 0 Å². The first-order chi connectivity index (χ1) is 12.6. The highest BCUT2D eigenvalue weighted by atomic mass is 16.2. The number of carbonyl (C=O) groups excluding carboxylic acids is 1. The Hall–Kier alpha value is -3.41. The molecule has 1 N–H and O–H groups in total. The lowest BCUT2D eigenvalue weighted by atomic mass is 10.2. The molecule has 0 radical (unpaired) electrons. The van der Waals surface area contributed by atoms with Crippen molar-refractivity contribution in [2.24, 2.45) is 0 Å². The van der Waals surface area contributed by atoms with Gasteiger partial charge in [0.15, 0.2) is 0 Å². The van der Waals surface area contributed by atoms with Gasteiger partial charge in [-0.05, 0) is 36.6 Å². The molecule has 3 aromatic heterocycles. The van der Waals surface area contributed by atoms with Crippen molar-refractivity contribution in [3.63, 3.8) is 0 Å². The first-order valence-electron chi connectivity index (χ1n) is 8.44. The van der Waals surface area contributed by atoms with Gasteiger partial charge in [0.1, 0.15) is 11.2 Å². The van der Waals surface area contributed by atoms with Crippen molar-refractivity contribution in [2.75, 3.05) is 6.54 Å². The van der Waals surface area contributed by atoms with Gasteiger partial charge >= 0.3 is 0 Å². The summed E-state index contributed by atoms with van der Waals surface area (Å²) in [6.07, 6.45) is 2.94. The van der Waals surface area contributed by atoms with Crippen LogP contribution in [0.25, 0.3) is 16.6 Å². The molecule has 26 heavy (non-hydrogen) atoms. The molecule has 0 aliphatic heterocycles. The summed E-state index contributed by atoms with van der Waals surface area (Å²) < 4.78 is 3.53. The molecule has 0 bridgehead atoms. The van der Waals surface area contributed by atoms with E-state index < -0.39 is 5.91 Å². The number of hydrogen-bond donors (Lipinski definition) is 1. The molecule has 0 fully saturated rings. The van der Waals surface area contributed by atoms with Crippen molar-refractivity contribution < 1.29 is 4.79 Å². The van der Waals surface area contributed by atoms with Crippen LogP contribution < -0.4 is 10.9 Å². The lowest BCUT2D eigenvalue weighted by Gasteiger charge is -2.10. The topological polar surface area (TPSA) is 68.4 Å². The Bertz CT molecular complexity index is 1170. The predicted molar refractivity (Wildman–Crippen MR) is 100 cm³/mol. The molecule has 0 atom stereocenters. The highest BCUT2D eigenvalue weighted by Gasteiger charge is 2.13. The number of para-hydroxylation sites is 1. The number of pyridine rings is 1. The van der Waals surface area contributed by atoms with Gasteiger partial charge in [0.05, 0.1) is 0 Å². The van der Waals surface area contributed by atoms with Crippen molar-refractivity contribution >= 4 is 22.5 Å². The van der Waals surface area contributed by atoms with Gasteiger partial charge in [-0.1, -0.05) is 24.3 Å². The zero-order valence-corrected chi connectivity index (χ0v) is 14.3. The Kier molecular flexibility index (Phi) is 4.01. The Morgan fingerprint density at radius 3 is 2.85 bits per heavy atom. The van der Waals surface area contributed by atoms with E-state index in [1.54, 1.807) is 24.4 Å². The molecule has 130 valence electrons. The molecular weight excluding hydrogens is 328 g/mol. The maximum atomic E-state index is 12.4. The van der Waals surface area contributed by atoms with Crippen LogP contribution >= 0.6 is 0 Å². The van der Waals surface area contributed by atoms with E-state index in [-0.39, 0.29) is 11.1 Å². The fraction of sp³-hybridized carbons (Fsp3) is 0.150. The van der Waals surface area contributed by atoms with Gasteiger partial charge < -0.3 is 9.88 Å². The minimum absolute atomic E-state index is 0.0442. The average molecular weight is 346 g/mol. The standard InChI is InChI=1S/C20H18N4O2/c1-14-12-15-6-2-3-7-17(15)23(14)11-9-21-19(25)16-13-22-18-8-4-5-10-24(18)20(16)26/h2-8,10,12-13H,9,11H2,1H3,(H,21,25). The number of nitrogens with one attached hydrogen (secondary N) is 1. The predicted octanol–water partition coefficient (Wildman–Crippen LogP) is 2.39. The quantitative estimate of drug-likeness (QED) is 0.617. The molecule has 0 spiro atoms. The van der Waals surface area contributed by atoms with Gasteiger partial charge in [-0.15, -0.1) is 0 Å². The number of fused-ring (bicyclic) bond motifs is 2. The second-order valence-electron chi connectivity index (χ2n) is 6.16. The third kappa shape index (κ3) is 2.75. The van der Waals surface area contributed by atoms with Crippen LogP contribution in [-0.4, -0.2) is 26.4 Å². The molecule has 0 aliphatic rings. The van der Waals surface area contributed by atoms with Crippen LogP contribution in [0.1, 0.15) is 16.1 Å². The van der Waals surface area contributed by atoms with E-state index >= 15 is 0 Å².